The van der Waals surface area contributed by atoms with Gasteiger partial charge in [0.15, 0.2) is 0 Å². The van der Waals surface area contributed by atoms with E-state index in [0.717, 1.165) is 10.0 Å². The van der Waals surface area contributed by atoms with E-state index in [1.807, 2.05) is 24.3 Å². The molecule has 19 heavy (non-hydrogen) atoms. The van der Waals surface area contributed by atoms with Crippen LogP contribution in [0, 0.1) is 0 Å². The largest absolute Gasteiger partial charge is 0.480 e. The molecule has 2 aromatic rings. The summed E-state index contributed by atoms with van der Waals surface area (Å²) in [5.41, 5.74) is 6.59. The first-order chi connectivity index (χ1) is 8.94. The van der Waals surface area contributed by atoms with Gasteiger partial charge in [-0.15, -0.1) is 0 Å². The summed E-state index contributed by atoms with van der Waals surface area (Å²) in [5, 5.41) is 9.65. The van der Waals surface area contributed by atoms with E-state index < -0.39 is 11.4 Å². The van der Waals surface area contributed by atoms with Crippen LogP contribution < -0.4 is 5.73 Å². The number of carboxylic acids is 1. The van der Waals surface area contributed by atoms with Gasteiger partial charge in [0.25, 0.3) is 0 Å². The van der Waals surface area contributed by atoms with Crippen LogP contribution in [-0.2, 0) is 10.2 Å². The smallest absolute Gasteiger partial charge is 0.318 e. The Hall–Kier alpha value is -1.81. The zero-order valence-corrected chi connectivity index (χ0v) is 12.0. The summed E-state index contributed by atoms with van der Waals surface area (Å²) in [5.74, 6) is -0.893. The number of carbonyl (C=O) groups is 1. The van der Waals surface area contributed by atoms with Crippen LogP contribution >= 0.6 is 15.9 Å². The van der Waals surface area contributed by atoms with E-state index in [1.165, 1.54) is 0 Å². The van der Waals surface area contributed by atoms with Crippen LogP contribution in [0.4, 0.5) is 5.69 Å². The lowest BCUT2D eigenvalue weighted by molar-refractivity contribution is -0.141. The van der Waals surface area contributed by atoms with Crippen molar-refractivity contribution in [2.24, 2.45) is 0 Å². The number of benzene rings is 2. The minimum Gasteiger partial charge on any atom is -0.480 e. The highest BCUT2D eigenvalue weighted by Crippen LogP contribution is 2.34. The molecule has 0 bridgehead atoms. The van der Waals surface area contributed by atoms with Crippen LogP contribution in [0.15, 0.2) is 53.0 Å². The minimum atomic E-state index is -1.10. The van der Waals surface area contributed by atoms with Crippen molar-refractivity contribution in [1.82, 2.24) is 0 Å². The summed E-state index contributed by atoms with van der Waals surface area (Å²) in [6.45, 7) is 1.70. The molecule has 1 unspecified atom stereocenters. The Morgan fingerprint density at radius 1 is 1.16 bits per heavy atom. The Morgan fingerprint density at radius 2 is 1.79 bits per heavy atom. The number of carboxylic acid groups (broad SMARTS) is 1. The predicted octanol–water partition coefficient (Wildman–Crippen LogP) is 3.42. The molecule has 0 aliphatic carbocycles. The van der Waals surface area contributed by atoms with Crippen molar-refractivity contribution in [3.63, 3.8) is 0 Å². The lowest BCUT2D eigenvalue weighted by Crippen LogP contribution is -2.33. The topological polar surface area (TPSA) is 63.3 Å². The first-order valence-electron chi connectivity index (χ1n) is 5.80. The maximum Gasteiger partial charge on any atom is 0.318 e. The van der Waals surface area contributed by atoms with Crippen molar-refractivity contribution >= 4 is 27.6 Å². The minimum absolute atomic E-state index is 0.616. The van der Waals surface area contributed by atoms with Gasteiger partial charge in [0, 0.05) is 10.2 Å². The van der Waals surface area contributed by atoms with Gasteiger partial charge >= 0.3 is 5.97 Å². The summed E-state index contributed by atoms with van der Waals surface area (Å²) < 4.78 is 0.855. The van der Waals surface area contributed by atoms with E-state index in [9.17, 15) is 9.90 Å². The lowest BCUT2D eigenvalue weighted by Gasteiger charge is -2.26. The van der Waals surface area contributed by atoms with Crippen LogP contribution in [0.5, 0.6) is 0 Å². The quantitative estimate of drug-likeness (QED) is 0.852. The highest BCUT2D eigenvalue weighted by Gasteiger charge is 2.37. The summed E-state index contributed by atoms with van der Waals surface area (Å²) in [4.78, 5) is 11.8. The molecule has 98 valence electrons. The van der Waals surface area contributed by atoms with Crippen molar-refractivity contribution in [2.75, 3.05) is 5.73 Å². The highest BCUT2D eigenvalue weighted by atomic mass is 79.9. The Kier molecular flexibility index (Phi) is 3.62. The third-order valence-corrected chi connectivity index (χ3v) is 3.81. The van der Waals surface area contributed by atoms with Gasteiger partial charge in [-0.05, 0) is 42.3 Å². The van der Waals surface area contributed by atoms with E-state index in [4.69, 9.17) is 5.73 Å². The van der Waals surface area contributed by atoms with E-state index in [2.05, 4.69) is 15.9 Å². The first kappa shape index (κ1) is 13.6. The molecule has 0 heterocycles. The van der Waals surface area contributed by atoms with Gasteiger partial charge in [0.2, 0.25) is 0 Å². The number of anilines is 1. The maximum absolute atomic E-state index is 11.8. The second-order valence-electron chi connectivity index (χ2n) is 4.56. The molecule has 0 saturated carbocycles. The number of hydrogen-bond donors (Lipinski definition) is 2. The second-order valence-corrected chi connectivity index (χ2v) is 5.48. The average Bonchev–Trinajstić information content (AvgIpc) is 2.38. The number of nitrogens with two attached hydrogens (primary N) is 1. The SMILES string of the molecule is CC(C(=O)O)(c1ccc(N)cc1)c1cccc(Br)c1. The van der Waals surface area contributed by atoms with Crippen molar-refractivity contribution in [1.29, 1.82) is 0 Å². The molecule has 4 heteroatoms. The summed E-state index contributed by atoms with van der Waals surface area (Å²) in [6, 6.07) is 14.3. The fourth-order valence-electron chi connectivity index (χ4n) is 2.03. The molecule has 1 atom stereocenters. The number of rotatable bonds is 3. The zero-order chi connectivity index (χ0) is 14.0. The Balaban J connectivity index is 2.61. The molecule has 0 aliphatic heterocycles. The van der Waals surface area contributed by atoms with Gasteiger partial charge in [0.1, 0.15) is 5.41 Å². The molecule has 0 radical (unpaired) electrons. The summed E-state index contributed by atoms with van der Waals surface area (Å²) in [6.07, 6.45) is 0. The summed E-state index contributed by atoms with van der Waals surface area (Å²) >= 11 is 3.37. The molecular formula is C15H14BrNO2. The summed E-state index contributed by atoms with van der Waals surface area (Å²) in [7, 11) is 0. The van der Waals surface area contributed by atoms with Crippen molar-refractivity contribution in [3.8, 4) is 0 Å². The van der Waals surface area contributed by atoms with Gasteiger partial charge in [-0.25, -0.2) is 0 Å². The third-order valence-electron chi connectivity index (χ3n) is 3.32. The number of nitrogen functional groups attached to an aromatic ring is 1. The molecule has 2 aromatic carbocycles. The average molecular weight is 320 g/mol. The Labute approximate surface area is 120 Å². The first-order valence-corrected chi connectivity index (χ1v) is 6.59. The molecule has 0 fully saturated rings. The molecule has 0 aliphatic rings. The van der Waals surface area contributed by atoms with Crippen molar-refractivity contribution in [2.45, 2.75) is 12.3 Å². The van der Waals surface area contributed by atoms with Crippen LogP contribution in [0.3, 0.4) is 0 Å². The molecule has 2 rings (SSSR count). The maximum atomic E-state index is 11.8. The fraction of sp³-hybridized carbons (Fsp3) is 0.133. The normalized spacial score (nSPS) is 13.8. The molecule has 0 aromatic heterocycles. The zero-order valence-electron chi connectivity index (χ0n) is 10.4. The van der Waals surface area contributed by atoms with Crippen molar-refractivity contribution in [3.05, 3.63) is 64.1 Å². The fourth-order valence-corrected chi connectivity index (χ4v) is 2.43. The van der Waals surface area contributed by atoms with E-state index in [-0.39, 0.29) is 0 Å². The van der Waals surface area contributed by atoms with Gasteiger partial charge in [0.05, 0.1) is 0 Å². The standard InChI is InChI=1S/C15H14BrNO2/c1-15(14(18)19,10-5-7-13(17)8-6-10)11-3-2-4-12(16)9-11/h2-9H,17H2,1H3,(H,18,19). The second kappa shape index (κ2) is 5.05. The Bertz CT molecular complexity index is 610. The van der Waals surface area contributed by atoms with E-state index in [1.54, 1.807) is 31.2 Å². The van der Waals surface area contributed by atoms with E-state index >= 15 is 0 Å². The van der Waals surface area contributed by atoms with Gasteiger partial charge in [-0.2, -0.15) is 0 Å². The number of hydrogen-bond acceptors (Lipinski definition) is 2. The molecular weight excluding hydrogens is 306 g/mol. The molecule has 0 spiro atoms. The van der Waals surface area contributed by atoms with Crippen LogP contribution in [0.2, 0.25) is 0 Å². The van der Waals surface area contributed by atoms with Crippen molar-refractivity contribution < 1.29 is 9.90 Å². The molecule has 3 N–H and O–H groups in total. The van der Waals surface area contributed by atoms with Gasteiger partial charge < -0.3 is 10.8 Å². The highest BCUT2D eigenvalue weighted by molar-refractivity contribution is 9.10. The lowest BCUT2D eigenvalue weighted by atomic mass is 9.76. The molecule has 0 saturated heterocycles. The van der Waals surface area contributed by atoms with Crippen LogP contribution in [-0.4, -0.2) is 11.1 Å². The van der Waals surface area contributed by atoms with Crippen LogP contribution in [0.1, 0.15) is 18.1 Å². The number of aliphatic carboxylic acids is 1. The van der Waals surface area contributed by atoms with Crippen LogP contribution in [0.25, 0.3) is 0 Å². The monoisotopic (exact) mass is 319 g/mol. The van der Waals surface area contributed by atoms with Gasteiger partial charge in [-0.3, -0.25) is 4.79 Å². The number of halogens is 1. The molecule has 0 amide bonds. The third kappa shape index (κ3) is 2.49. The van der Waals surface area contributed by atoms with E-state index in [0.29, 0.717) is 11.3 Å². The predicted molar refractivity (Wildman–Crippen MR) is 79.1 cm³/mol. The Morgan fingerprint density at radius 3 is 2.32 bits per heavy atom. The van der Waals surface area contributed by atoms with Gasteiger partial charge in [-0.1, -0.05) is 40.2 Å². The molecule has 3 nitrogen and oxygen atoms in total.